The summed E-state index contributed by atoms with van der Waals surface area (Å²) < 4.78 is 2.84. The monoisotopic (exact) mass is 472 g/mol. The van der Waals surface area contributed by atoms with Gasteiger partial charge in [0.25, 0.3) is 0 Å². The Bertz CT molecular complexity index is 1030. The number of hydrogen-bond donors (Lipinski definition) is 2. The maximum absolute atomic E-state index is 12.9. The van der Waals surface area contributed by atoms with Gasteiger partial charge in [-0.05, 0) is 63.7 Å². The molecule has 2 aromatic rings. The lowest BCUT2D eigenvalue weighted by Crippen LogP contribution is -2.48. The molecule has 0 unspecified atom stereocenters. The van der Waals surface area contributed by atoms with Gasteiger partial charge in [-0.15, -0.1) is 0 Å². The first-order chi connectivity index (χ1) is 16.4. The van der Waals surface area contributed by atoms with Crippen molar-refractivity contribution in [1.82, 2.24) is 19.4 Å². The maximum Gasteiger partial charge on any atom is 0.337 e. The number of carboxylic acids is 1. The van der Waals surface area contributed by atoms with Crippen molar-refractivity contribution >= 4 is 23.0 Å². The molecule has 0 bridgehead atoms. The average Bonchev–Trinajstić information content (AvgIpc) is 3.16. The van der Waals surface area contributed by atoms with Crippen LogP contribution in [0.5, 0.6) is 0 Å². The van der Waals surface area contributed by atoms with Crippen molar-refractivity contribution in [3.63, 3.8) is 0 Å². The van der Waals surface area contributed by atoms with Gasteiger partial charge in [0.15, 0.2) is 0 Å². The Morgan fingerprint density at radius 2 is 1.68 bits per heavy atom. The van der Waals surface area contributed by atoms with Gasteiger partial charge in [-0.3, -0.25) is 9.36 Å². The summed E-state index contributed by atoms with van der Waals surface area (Å²) in [7, 11) is 0. The number of para-hydroxylation sites is 2. The summed E-state index contributed by atoms with van der Waals surface area (Å²) in [5, 5.41) is 12.8. The Hall–Kier alpha value is -2.61. The fourth-order valence-electron chi connectivity index (χ4n) is 5.47. The number of nitrogens with one attached hydrogen (secondary N) is 1. The molecule has 34 heavy (non-hydrogen) atoms. The number of aliphatic carboxylic acids is 1. The zero-order chi connectivity index (χ0) is 24.7. The molecule has 1 aromatic heterocycles. The van der Waals surface area contributed by atoms with Crippen molar-refractivity contribution in [2.45, 2.75) is 72.3 Å². The molecule has 8 nitrogen and oxygen atoms in total. The number of amides is 1. The van der Waals surface area contributed by atoms with E-state index < -0.39 is 11.4 Å². The predicted molar refractivity (Wildman–Crippen MR) is 134 cm³/mol. The molecule has 1 aliphatic heterocycles. The number of aromatic nitrogens is 2. The molecule has 8 heteroatoms. The summed E-state index contributed by atoms with van der Waals surface area (Å²) in [6.45, 7) is 9.26. The van der Waals surface area contributed by atoms with Crippen molar-refractivity contribution < 1.29 is 14.7 Å². The molecule has 2 heterocycles. The first kappa shape index (κ1) is 26.0. The summed E-state index contributed by atoms with van der Waals surface area (Å²) in [6.07, 6.45) is 6.53. The second kappa shape index (κ2) is 11.7. The molecule has 4 rings (SSSR count). The van der Waals surface area contributed by atoms with Crippen molar-refractivity contribution in [2.24, 2.45) is 11.3 Å². The Morgan fingerprint density at radius 1 is 1.06 bits per heavy atom. The topological polar surface area (TPSA) is 96.6 Å². The normalized spacial score (nSPS) is 18.8. The highest BCUT2D eigenvalue weighted by Crippen LogP contribution is 2.38. The molecule has 1 amide bonds. The van der Waals surface area contributed by atoms with Crippen LogP contribution >= 0.6 is 0 Å². The van der Waals surface area contributed by atoms with Crippen molar-refractivity contribution in [3.8, 4) is 0 Å². The second-order valence-electron chi connectivity index (χ2n) is 9.40. The minimum absolute atomic E-state index is 0.313. The number of hydrogen-bond acceptors (Lipinski definition) is 4. The highest BCUT2D eigenvalue weighted by atomic mass is 16.4. The lowest BCUT2D eigenvalue weighted by molar-refractivity contribution is -0.152. The smallest absolute Gasteiger partial charge is 0.337 e. The third-order valence-corrected chi connectivity index (χ3v) is 7.39. The van der Waals surface area contributed by atoms with Crippen LogP contribution in [0.4, 0.5) is 4.79 Å². The van der Waals surface area contributed by atoms with Crippen LogP contribution in [0.15, 0.2) is 29.1 Å². The number of benzene rings is 1. The van der Waals surface area contributed by atoms with E-state index in [4.69, 9.17) is 0 Å². The molecule has 0 atom stereocenters. The van der Waals surface area contributed by atoms with Crippen LogP contribution in [0.2, 0.25) is 0 Å². The molecule has 0 radical (unpaired) electrons. The van der Waals surface area contributed by atoms with Crippen LogP contribution in [-0.2, 0) is 11.3 Å². The molecular formula is C26H40N4O4. The highest BCUT2D eigenvalue weighted by Gasteiger charge is 2.41. The molecule has 2 fully saturated rings. The van der Waals surface area contributed by atoms with E-state index in [0.29, 0.717) is 31.1 Å². The number of imidazole rings is 1. The molecular weight excluding hydrogens is 432 g/mol. The molecule has 188 valence electrons. The Labute approximate surface area is 201 Å². The Balaban J connectivity index is 0.00000158. The number of fused-ring (bicyclic) bond motifs is 1. The highest BCUT2D eigenvalue weighted by molar-refractivity contribution is 5.89. The van der Waals surface area contributed by atoms with Crippen LogP contribution < -0.4 is 11.0 Å². The van der Waals surface area contributed by atoms with Crippen LogP contribution in [-0.4, -0.2) is 57.3 Å². The third-order valence-electron chi connectivity index (χ3n) is 7.39. The molecule has 1 saturated heterocycles. The molecule has 1 aliphatic carbocycles. The van der Waals surface area contributed by atoms with Gasteiger partial charge < -0.3 is 15.3 Å². The van der Waals surface area contributed by atoms with Gasteiger partial charge in [0.1, 0.15) is 0 Å². The number of piperidine rings is 1. The summed E-state index contributed by atoms with van der Waals surface area (Å²) in [5.41, 5.74) is 0.484. The summed E-state index contributed by atoms with van der Waals surface area (Å²) in [4.78, 5) is 39.9. The van der Waals surface area contributed by atoms with Gasteiger partial charge in [-0.1, -0.05) is 45.2 Å². The summed E-state index contributed by atoms with van der Waals surface area (Å²) >= 11 is 0. The average molecular weight is 473 g/mol. The van der Waals surface area contributed by atoms with Gasteiger partial charge in [0.05, 0.1) is 16.4 Å². The molecule has 0 spiro atoms. The van der Waals surface area contributed by atoms with E-state index in [2.05, 4.69) is 10.2 Å². The quantitative estimate of drug-likeness (QED) is 0.658. The largest absolute Gasteiger partial charge is 0.481 e. The van der Waals surface area contributed by atoms with E-state index >= 15 is 0 Å². The number of carbonyl (C=O) groups excluding carboxylic acids is 1. The van der Waals surface area contributed by atoms with E-state index in [1.165, 1.54) is 4.57 Å². The van der Waals surface area contributed by atoms with Crippen LogP contribution in [0.25, 0.3) is 11.0 Å². The van der Waals surface area contributed by atoms with E-state index in [-0.39, 0.29) is 11.7 Å². The van der Waals surface area contributed by atoms with Crippen molar-refractivity contribution in [3.05, 3.63) is 34.7 Å². The molecule has 1 saturated carbocycles. The number of carbonyl (C=O) groups is 2. The van der Waals surface area contributed by atoms with Gasteiger partial charge in [-0.25, -0.2) is 14.2 Å². The Kier molecular flexibility index (Phi) is 8.94. The maximum atomic E-state index is 12.9. The number of likely N-dealkylation sites (tertiary alicyclic amines) is 1. The molecule has 1 aromatic carbocycles. The number of nitrogens with zero attached hydrogens (tertiary/aromatic N) is 3. The number of rotatable bonds is 6. The first-order valence-corrected chi connectivity index (χ1v) is 12.9. The summed E-state index contributed by atoms with van der Waals surface area (Å²) in [6, 6.07) is 6.97. The fraction of sp³-hybridized carbons (Fsp3) is 0.654. The van der Waals surface area contributed by atoms with Gasteiger partial charge in [0.2, 0.25) is 0 Å². The minimum atomic E-state index is -0.650. The van der Waals surface area contributed by atoms with Gasteiger partial charge >= 0.3 is 17.7 Å². The van der Waals surface area contributed by atoms with E-state index in [0.717, 1.165) is 63.6 Å². The van der Waals surface area contributed by atoms with Gasteiger partial charge in [0, 0.05) is 19.6 Å². The lowest BCUT2D eigenvalue weighted by atomic mass is 9.73. The van der Waals surface area contributed by atoms with E-state index in [1.54, 1.807) is 10.6 Å². The fourth-order valence-corrected chi connectivity index (χ4v) is 5.47. The SMILES string of the molecule is CC.CCn1c(=O)n(C(=O)NCC2CCN(CC3(C(=O)O)CCCCC3)CC2)c2ccccc21. The van der Waals surface area contributed by atoms with Crippen LogP contribution in [0.1, 0.15) is 65.7 Å². The molecule has 2 aliphatic rings. The van der Waals surface area contributed by atoms with E-state index in [1.807, 2.05) is 39.0 Å². The van der Waals surface area contributed by atoms with Crippen LogP contribution in [0, 0.1) is 11.3 Å². The minimum Gasteiger partial charge on any atom is -0.481 e. The Morgan fingerprint density at radius 3 is 2.26 bits per heavy atom. The first-order valence-electron chi connectivity index (χ1n) is 12.9. The zero-order valence-corrected chi connectivity index (χ0v) is 20.9. The van der Waals surface area contributed by atoms with Gasteiger partial charge in [-0.2, -0.15) is 0 Å². The number of aryl methyl sites for hydroxylation is 1. The third kappa shape index (κ3) is 5.37. The molecule has 2 N–H and O–H groups in total. The van der Waals surface area contributed by atoms with Crippen LogP contribution in [0.3, 0.4) is 0 Å². The lowest BCUT2D eigenvalue weighted by Gasteiger charge is -2.40. The van der Waals surface area contributed by atoms with Crippen molar-refractivity contribution in [2.75, 3.05) is 26.2 Å². The second-order valence-corrected chi connectivity index (χ2v) is 9.40. The number of carboxylic acid groups (broad SMARTS) is 1. The summed E-state index contributed by atoms with van der Waals surface area (Å²) in [5.74, 6) is -0.319. The standard InChI is InChI=1S/C24H34N4O4.C2H6/c1-2-27-19-8-4-5-9-20(19)28(23(27)32)22(31)25-16-18-10-14-26(15-11-18)17-24(21(29)30)12-6-3-7-13-24;1-2/h4-5,8-9,18H,2-3,6-7,10-17H2,1H3,(H,25,31)(H,29,30);1-2H3. The zero-order valence-electron chi connectivity index (χ0n) is 20.9. The predicted octanol–water partition coefficient (Wildman–Crippen LogP) is 4.15. The van der Waals surface area contributed by atoms with E-state index in [9.17, 15) is 19.5 Å². The van der Waals surface area contributed by atoms with Crippen molar-refractivity contribution in [1.29, 1.82) is 0 Å².